The van der Waals surface area contributed by atoms with Gasteiger partial charge in [-0.2, -0.15) is 0 Å². The Morgan fingerprint density at radius 3 is 1.45 bits per heavy atom. The minimum atomic E-state index is -1.61. The Labute approximate surface area is 313 Å². The van der Waals surface area contributed by atoms with Crippen LogP contribution in [0.1, 0.15) is 181 Å². The number of aliphatic carboxylic acids is 1. The van der Waals surface area contributed by atoms with Crippen LogP contribution in [0.25, 0.3) is 0 Å². The fourth-order valence-electron chi connectivity index (χ4n) is 5.71. The highest BCUT2D eigenvalue weighted by Gasteiger charge is 2.21. The lowest BCUT2D eigenvalue weighted by molar-refractivity contribution is -0.870. The number of nitrogens with zero attached hydrogens (tertiary/aromatic N) is 1. The second-order valence-corrected chi connectivity index (χ2v) is 15.3. The van der Waals surface area contributed by atoms with E-state index in [-0.39, 0.29) is 32.2 Å². The van der Waals surface area contributed by atoms with E-state index in [1.54, 1.807) is 0 Å². The Kier molecular flexibility index (Phi) is 33.7. The summed E-state index contributed by atoms with van der Waals surface area (Å²) in [6.07, 6.45) is 31.1. The van der Waals surface area contributed by atoms with Gasteiger partial charge in [0.05, 0.1) is 40.3 Å². The highest BCUT2D eigenvalue weighted by atomic mass is 16.7. The number of esters is 2. The number of carbonyl (C=O) groups is 3. The van der Waals surface area contributed by atoms with Gasteiger partial charge in [-0.05, 0) is 38.5 Å². The molecule has 0 aromatic rings. The Morgan fingerprint density at radius 2 is 1.00 bits per heavy atom. The van der Waals surface area contributed by atoms with Gasteiger partial charge in [-0.3, -0.25) is 9.59 Å². The monoisotopic (exact) mass is 726 g/mol. The van der Waals surface area contributed by atoms with E-state index >= 15 is 0 Å². The number of hydrogen-bond donors (Lipinski definition) is 0. The summed E-state index contributed by atoms with van der Waals surface area (Å²) in [4.78, 5) is 36.7. The van der Waals surface area contributed by atoms with Crippen LogP contribution in [0, 0.1) is 0 Å². The molecule has 0 aliphatic carbocycles. The standard InChI is InChI=1S/C42H79NO8/c1-6-8-10-12-14-16-17-18-19-20-21-22-23-24-25-27-29-31-33-40(45)51-38(37-50-42(41(46)47)48-35-34-43(3,4)5)36-49-39(44)32-30-28-26-15-13-11-9-7-2/h19-20,38,42H,6-18,21-37H2,1-5H3/b20-19-. The first-order chi connectivity index (χ1) is 24.6. The van der Waals surface area contributed by atoms with Crippen LogP contribution in [0.15, 0.2) is 12.2 Å². The maximum absolute atomic E-state index is 12.7. The van der Waals surface area contributed by atoms with Gasteiger partial charge < -0.3 is 33.3 Å². The highest BCUT2D eigenvalue weighted by Crippen LogP contribution is 2.14. The van der Waals surface area contributed by atoms with Crippen molar-refractivity contribution in [2.45, 2.75) is 193 Å². The maximum Gasteiger partial charge on any atom is 0.306 e. The first kappa shape index (κ1) is 49.0. The van der Waals surface area contributed by atoms with E-state index in [1.807, 2.05) is 21.1 Å². The average molecular weight is 726 g/mol. The molecule has 0 aliphatic rings. The van der Waals surface area contributed by atoms with Crippen LogP contribution in [0.3, 0.4) is 0 Å². The van der Waals surface area contributed by atoms with Crippen molar-refractivity contribution < 1.29 is 42.9 Å². The molecule has 51 heavy (non-hydrogen) atoms. The Morgan fingerprint density at radius 1 is 0.569 bits per heavy atom. The summed E-state index contributed by atoms with van der Waals surface area (Å²) in [6.45, 7) is 4.70. The molecule has 0 spiro atoms. The molecule has 2 atom stereocenters. The van der Waals surface area contributed by atoms with Crippen LogP contribution in [0.2, 0.25) is 0 Å². The quantitative estimate of drug-likeness (QED) is 0.0204. The minimum absolute atomic E-state index is 0.149. The molecule has 0 rings (SSSR count). The van der Waals surface area contributed by atoms with Crippen molar-refractivity contribution in [3.63, 3.8) is 0 Å². The second kappa shape index (κ2) is 35.1. The van der Waals surface area contributed by atoms with E-state index in [9.17, 15) is 19.5 Å². The van der Waals surface area contributed by atoms with Gasteiger partial charge in [0.15, 0.2) is 12.4 Å². The third-order valence-corrected chi connectivity index (χ3v) is 9.01. The van der Waals surface area contributed by atoms with Gasteiger partial charge in [0.2, 0.25) is 0 Å². The molecule has 9 nitrogen and oxygen atoms in total. The number of quaternary nitrogens is 1. The molecule has 0 heterocycles. The molecule has 0 amide bonds. The average Bonchev–Trinajstić information content (AvgIpc) is 3.08. The summed E-state index contributed by atoms with van der Waals surface area (Å²) in [7, 11) is 5.90. The third-order valence-electron chi connectivity index (χ3n) is 9.01. The number of carboxylic acids is 1. The van der Waals surface area contributed by atoms with Gasteiger partial charge >= 0.3 is 11.9 Å². The van der Waals surface area contributed by atoms with E-state index < -0.39 is 24.3 Å². The molecule has 0 aromatic heterocycles. The molecule has 0 bridgehead atoms. The van der Waals surface area contributed by atoms with Crippen LogP contribution < -0.4 is 5.11 Å². The molecule has 9 heteroatoms. The van der Waals surface area contributed by atoms with E-state index in [2.05, 4.69) is 26.0 Å². The zero-order valence-corrected chi connectivity index (χ0v) is 33.7. The molecule has 0 saturated heterocycles. The predicted molar refractivity (Wildman–Crippen MR) is 205 cm³/mol. The summed E-state index contributed by atoms with van der Waals surface area (Å²) in [5, 5.41) is 11.6. The smallest absolute Gasteiger partial charge is 0.306 e. The van der Waals surface area contributed by atoms with Gasteiger partial charge in [-0.1, -0.05) is 142 Å². The molecule has 0 aromatic carbocycles. The molecule has 300 valence electrons. The fraction of sp³-hybridized carbons (Fsp3) is 0.881. The molecule has 0 N–H and O–H groups in total. The fourth-order valence-corrected chi connectivity index (χ4v) is 5.71. The third kappa shape index (κ3) is 36.2. The van der Waals surface area contributed by atoms with E-state index in [0.29, 0.717) is 23.9 Å². The predicted octanol–water partition coefficient (Wildman–Crippen LogP) is 9.00. The van der Waals surface area contributed by atoms with Gasteiger partial charge in [0.1, 0.15) is 13.2 Å². The normalized spacial score (nSPS) is 13.0. The number of carbonyl (C=O) groups excluding carboxylic acids is 3. The van der Waals surface area contributed by atoms with Crippen molar-refractivity contribution >= 4 is 17.9 Å². The zero-order chi connectivity index (χ0) is 37.8. The zero-order valence-electron chi connectivity index (χ0n) is 33.7. The van der Waals surface area contributed by atoms with E-state index in [1.165, 1.54) is 103 Å². The summed E-state index contributed by atoms with van der Waals surface area (Å²) in [5.41, 5.74) is 0. The summed E-state index contributed by atoms with van der Waals surface area (Å²) in [6, 6.07) is 0. The minimum Gasteiger partial charge on any atom is -0.545 e. The van der Waals surface area contributed by atoms with Gasteiger partial charge in [0, 0.05) is 12.8 Å². The van der Waals surface area contributed by atoms with Crippen molar-refractivity contribution in [2.24, 2.45) is 0 Å². The van der Waals surface area contributed by atoms with Crippen molar-refractivity contribution in [2.75, 3.05) is 47.5 Å². The summed E-state index contributed by atoms with van der Waals surface area (Å²) in [5.74, 6) is -2.29. The van der Waals surface area contributed by atoms with Gasteiger partial charge in [-0.25, -0.2) is 0 Å². The van der Waals surface area contributed by atoms with Crippen molar-refractivity contribution in [3.8, 4) is 0 Å². The second-order valence-electron chi connectivity index (χ2n) is 15.3. The Hall–Kier alpha value is -1.97. The topological polar surface area (TPSA) is 111 Å². The van der Waals surface area contributed by atoms with Gasteiger partial charge in [0.25, 0.3) is 0 Å². The van der Waals surface area contributed by atoms with Gasteiger partial charge in [-0.15, -0.1) is 0 Å². The molecule has 0 saturated carbocycles. The lowest BCUT2D eigenvalue weighted by atomic mass is 10.1. The number of allylic oxidation sites excluding steroid dienone is 2. The largest absolute Gasteiger partial charge is 0.545 e. The number of hydrogen-bond acceptors (Lipinski definition) is 8. The van der Waals surface area contributed by atoms with Crippen LogP contribution in [0.5, 0.6) is 0 Å². The Bertz CT molecular complexity index is 856. The number of ether oxygens (including phenoxy) is 4. The molecule has 0 aliphatic heterocycles. The lowest BCUT2D eigenvalue weighted by Crippen LogP contribution is -2.44. The number of likely N-dealkylation sites (N-methyl/N-ethyl adjacent to an activating group) is 1. The first-order valence-corrected chi connectivity index (χ1v) is 20.8. The van der Waals surface area contributed by atoms with E-state index in [4.69, 9.17) is 18.9 Å². The summed E-state index contributed by atoms with van der Waals surface area (Å²) < 4.78 is 22.4. The van der Waals surface area contributed by atoms with Crippen molar-refractivity contribution in [3.05, 3.63) is 12.2 Å². The van der Waals surface area contributed by atoms with Crippen molar-refractivity contribution in [1.29, 1.82) is 0 Å². The molecular weight excluding hydrogens is 646 g/mol. The number of carboxylic acid groups (broad SMARTS) is 1. The van der Waals surface area contributed by atoms with Crippen LogP contribution in [-0.2, 0) is 33.3 Å². The summed E-state index contributed by atoms with van der Waals surface area (Å²) >= 11 is 0. The van der Waals surface area contributed by atoms with Crippen LogP contribution in [-0.4, -0.2) is 82.3 Å². The molecular formula is C42H79NO8. The maximum atomic E-state index is 12.7. The molecule has 2 unspecified atom stereocenters. The van der Waals surface area contributed by atoms with Crippen LogP contribution in [0.4, 0.5) is 0 Å². The first-order valence-electron chi connectivity index (χ1n) is 20.8. The van der Waals surface area contributed by atoms with Crippen LogP contribution >= 0.6 is 0 Å². The number of unbranched alkanes of at least 4 members (excludes halogenated alkanes) is 21. The SMILES string of the molecule is CCCCCCCCC/C=C\CCCCCCCCCC(=O)OC(COC(=O)CCCCCCCCCC)COC(OCC[N+](C)(C)C)C(=O)[O-]. The number of rotatable bonds is 38. The van der Waals surface area contributed by atoms with E-state index in [0.717, 1.165) is 44.9 Å². The highest BCUT2D eigenvalue weighted by molar-refractivity contribution is 5.70. The van der Waals surface area contributed by atoms with Crippen molar-refractivity contribution in [1.82, 2.24) is 0 Å². The molecule has 0 radical (unpaired) electrons. The molecule has 0 fully saturated rings. The lowest BCUT2D eigenvalue weighted by Gasteiger charge is -2.26. The Balaban J connectivity index is 4.40.